The Kier molecular flexibility index (Phi) is 1.10. The minimum absolute atomic E-state index is 0.729. The molecule has 1 heterocycles. The van der Waals surface area contributed by atoms with Crippen molar-refractivity contribution < 1.29 is 0 Å². The van der Waals surface area contributed by atoms with Crippen LogP contribution in [-0.4, -0.2) is 12.6 Å². The molecule has 0 aromatic carbocycles. The standard InChI is InChI=1S/C8H14N/c1-2-7-5-8(3-4-8)6-9-7/h7H,2-6H2,1H3/q-1. The van der Waals surface area contributed by atoms with Gasteiger partial charge in [0.1, 0.15) is 0 Å². The van der Waals surface area contributed by atoms with Crippen LogP contribution in [0, 0.1) is 5.41 Å². The lowest BCUT2D eigenvalue weighted by Gasteiger charge is -2.18. The molecule has 1 unspecified atom stereocenters. The maximum Gasteiger partial charge on any atom is -0.0488 e. The van der Waals surface area contributed by atoms with Gasteiger partial charge < -0.3 is 5.32 Å². The fourth-order valence-electron chi connectivity index (χ4n) is 1.76. The summed E-state index contributed by atoms with van der Waals surface area (Å²) in [5.41, 5.74) is 0.751. The van der Waals surface area contributed by atoms with Crippen LogP contribution >= 0.6 is 0 Å². The summed E-state index contributed by atoms with van der Waals surface area (Å²) >= 11 is 0. The van der Waals surface area contributed by atoms with Crippen molar-refractivity contribution in [2.45, 2.75) is 38.6 Å². The number of hydrogen-bond acceptors (Lipinski definition) is 0. The summed E-state index contributed by atoms with van der Waals surface area (Å²) in [6, 6.07) is 0.729. The van der Waals surface area contributed by atoms with E-state index in [1.54, 1.807) is 0 Å². The molecule has 1 heteroatoms. The first-order valence-corrected chi connectivity index (χ1v) is 4.01. The van der Waals surface area contributed by atoms with Crippen molar-refractivity contribution in [1.29, 1.82) is 0 Å². The summed E-state index contributed by atoms with van der Waals surface area (Å²) in [6.45, 7) is 3.43. The van der Waals surface area contributed by atoms with Gasteiger partial charge in [-0.15, -0.1) is 12.6 Å². The number of rotatable bonds is 1. The van der Waals surface area contributed by atoms with Crippen LogP contribution in [0.15, 0.2) is 0 Å². The van der Waals surface area contributed by atoms with Crippen molar-refractivity contribution in [3.63, 3.8) is 0 Å². The normalized spacial score (nSPS) is 37.7. The van der Waals surface area contributed by atoms with Gasteiger partial charge in [-0.25, -0.2) is 0 Å². The molecule has 1 nitrogen and oxygen atoms in total. The Morgan fingerprint density at radius 1 is 1.56 bits per heavy atom. The van der Waals surface area contributed by atoms with Gasteiger partial charge in [0.05, 0.1) is 0 Å². The summed E-state index contributed by atoms with van der Waals surface area (Å²) in [7, 11) is 0. The molecule has 0 amide bonds. The predicted octanol–water partition coefficient (Wildman–Crippen LogP) is 2.32. The van der Waals surface area contributed by atoms with E-state index in [0.29, 0.717) is 0 Å². The Balaban J connectivity index is 1.93. The molecule has 0 bridgehead atoms. The van der Waals surface area contributed by atoms with Gasteiger partial charge in [-0.3, -0.25) is 0 Å². The SMILES string of the molecule is CCC1CC2(CC2)C[N-]1. The minimum atomic E-state index is 0.729. The Morgan fingerprint density at radius 2 is 2.33 bits per heavy atom. The molecule has 2 aliphatic rings. The molecule has 0 aromatic rings. The zero-order valence-electron chi connectivity index (χ0n) is 6.06. The smallest absolute Gasteiger partial charge is 0.0488 e. The highest BCUT2D eigenvalue weighted by Crippen LogP contribution is 2.55. The van der Waals surface area contributed by atoms with Gasteiger partial charge in [-0.2, -0.15) is 0 Å². The van der Waals surface area contributed by atoms with Crippen LogP contribution in [0.25, 0.3) is 5.32 Å². The molecule has 52 valence electrons. The lowest BCUT2D eigenvalue weighted by molar-refractivity contribution is 0.538. The quantitative estimate of drug-likeness (QED) is 0.509. The third-order valence-electron chi connectivity index (χ3n) is 2.78. The van der Waals surface area contributed by atoms with Gasteiger partial charge in [0, 0.05) is 0 Å². The van der Waals surface area contributed by atoms with Crippen molar-refractivity contribution in [3.05, 3.63) is 5.32 Å². The Hall–Kier alpha value is -0.0400. The van der Waals surface area contributed by atoms with Gasteiger partial charge in [0.15, 0.2) is 0 Å². The minimum Gasteiger partial charge on any atom is -0.659 e. The second-order valence-corrected chi connectivity index (χ2v) is 3.61. The zero-order chi connectivity index (χ0) is 6.32. The zero-order valence-corrected chi connectivity index (χ0v) is 6.06. The first-order chi connectivity index (χ1) is 4.35. The van der Waals surface area contributed by atoms with Gasteiger partial charge in [-0.05, 0) is 18.3 Å². The van der Waals surface area contributed by atoms with Crippen LogP contribution in [0.5, 0.6) is 0 Å². The van der Waals surface area contributed by atoms with Crippen LogP contribution < -0.4 is 0 Å². The molecule has 9 heavy (non-hydrogen) atoms. The first-order valence-electron chi connectivity index (χ1n) is 4.01. The van der Waals surface area contributed by atoms with E-state index in [0.717, 1.165) is 11.5 Å². The maximum atomic E-state index is 4.57. The molecule has 2 fully saturated rings. The van der Waals surface area contributed by atoms with Crippen LogP contribution in [0.2, 0.25) is 0 Å². The highest BCUT2D eigenvalue weighted by molar-refractivity contribution is 5.14. The predicted molar refractivity (Wildman–Crippen MR) is 38.6 cm³/mol. The number of nitrogens with zero attached hydrogens (tertiary/aromatic N) is 1. The molecule has 2 rings (SSSR count). The van der Waals surface area contributed by atoms with Crippen LogP contribution in [0.3, 0.4) is 0 Å². The van der Waals surface area contributed by atoms with E-state index >= 15 is 0 Å². The van der Waals surface area contributed by atoms with Gasteiger partial charge in [0.2, 0.25) is 0 Å². The first kappa shape index (κ1) is 5.72. The average Bonchev–Trinajstić information content (AvgIpc) is 2.44. The Bertz CT molecular complexity index is 116. The summed E-state index contributed by atoms with van der Waals surface area (Å²) in [5, 5.41) is 4.57. The van der Waals surface area contributed by atoms with Gasteiger partial charge in [-0.1, -0.05) is 19.8 Å². The third kappa shape index (κ3) is 0.877. The van der Waals surface area contributed by atoms with Crippen molar-refractivity contribution in [2.75, 3.05) is 6.54 Å². The van der Waals surface area contributed by atoms with Crippen molar-refractivity contribution in [3.8, 4) is 0 Å². The van der Waals surface area contributed by atoms with Crippen molar-refractivity contribution in [1.82, 2.24) is 0 Å². The Labute approximate surface area is 56.8 Å². The van der Waals surface area contributed by atoms with Crippen molar-refractivity contribution >= 4 is 0 Å². The van der Waals surface area contributed by atoms with Crippen LogP contribution in [-0.2, 0) is 0 Å². The fourth-order valence-corrected chi connectivity index (χ4v) is 1.76. The van der Waals surface area contributed by atoms with Crippen LogP contribution in [0.4, 0.5) is 0 Å². The molecule has 1 saturated heterocycles. The van der Waals surface area contributed by atoms with E-state index in [1.165, 1.54) is 32.2 Å². The number of hydrogen-bond donors (Lipinski definition) is 0. The topological polar surface area (TPSA) is 14.1 Å². The lowest BCUT2D eigenvalue weighted by atomic mass is 10.0. The molecular formula is C8H14N-. The summed E-state index contributed by atoms with van der Waals surface area (Å²) in [4.78, 5) is 0. The highest BCUT2D eigenvalue weighted by atomic mass is 15.0. The van der Waals surface area contributed by atoms with Crippen LogP contribution in [0.1, 0.15) is 32.6 Å². The van der Waals surface area contributed by atoms with Crippen molar-refractivity contribution in [2.24, 2.45) is 5.41 Å². The van der Waals surface area contributed by atoms with E-state index in [2.05, 4.69) is 12.2 Å². The average molecular weight is 124 g/mol. The van der Waals surface area contributed by atoms with Gasteiger partial charge >= 0.3 is 0 Å². The highest BCUT2D eigenvalue weighted by Gasteiger charge is 2.41. The van der Waals surface area contributed by atoms with Gasteiger partial charge in [0.25, 0.3) is 0 Å². The molecule has 1 atom stereocenters. The van der Waals surface area contributed by atoms with E-state index in [9.17, 15) is 0 Å². The molecule has 1 saturated carbocycles. The monoisotopic (exact) mass is 124 g/mol. The summed E-state index contributed by atoms with van der Waals surface area (Å²) in [5.74, 6) is 0. The molecule has 0 aromatic heterocycles. The summed E-state index contributed by atoms with van der Waals surface area (Å²) < 4.78 is 0. The molecule has 1 aliphatic carbocycles. The largest absolute Gasteiger partial charge is 0.659 e. The molecule has 0 radical (unpaired) electrons. The molecular weight excluding hydrogens is 110 g/mol. The molecule has 0 N–H and O–H groups in total. The molecule has 1 spiro atoms. The maximum absolute atomic E-state index is 4.57. The van der Waals surface area contributed by atoms with E-state index < -0.39 is 0 Å². The fraction of sp³-hybridized carbons (Fsp3) is 1.00. The third-order valence-corrected chi connectivity index (χ3v) is 2.78. The van der Waals surface area contributed by atoms with E-state index in [-0.39, 0.29) is 0 Å². The lowest BCUT2D eigenvalue weighted by Crippen LogP contribution is -1.99. The van der Waals surface area contributed by atoms with E-state index in [4.69, 9.17) is 0 Å². The summed E-state index contributed by atoms with van der Waals surface area (Å²) in [6.07, 6.45) is 5.60. The van der Waals surface area contributed by atoms with E-state index in [1.807, 2.05) is 0 Å². The Morgan fingerprint density at radius 3 is 2.67 bits per heavy atom. The second kappa shape index (κ2) is 1.72. The second-order valence-electron chi connectivity index (χ2n) is 3.61. The molecule has 1 aliphatic heterocycles.